The fraction of sp³-hybridized carbons (Fsp3) is 0.615. The number of carbonyl (C=O) groups is 15. The van der Waals surface area contributed by atoms with Crippen LogP contribution in [-0.4, -0.2) is 348 Å². The second-order valence-corrected chi connectivity index (χ2v) is 36.1. The highest BCUT2D eigenvalue weighted by atomic mass is 16.7. The molecule has 10 rings (SSSR count). The summed E-state index contributed by atoms with van der Waals surface area (Å²) in [5, 5.41) is 101. The molecule has 5 unspecified atom stereocenters. The number of nitrogens with one attached hydrogen (secondary N) is 5. The third-order valence-electron chi connectivity index (χ3n) is 26.0. The minimum atomic E-state index is -2.60. The second kappa shape index (κ2) is 52.1. The molecule has 6 aliphatic rings. The molecule has 23 atom stereocenters. The molecule has 0 spiro atoms. The van der Waals surface area contributed by atoms with E-state index in [9.17, 15) is 93.0 Å². The molecule has 780 valence electrons. The van der Waals surface area contributed by atoms with E-state index in [0.29, 0.717) is 37.9 Å². The van der Waals surface area contributed by atoms with Gasteiger partial charge in [-0.1, -0.05) is 92.2 Å². The van der Waals surface area contributed by atoms with Crippen molar-refractivity contribution >= 4 is 88.9 Å². The number of carbonyl (C=O) groups excluding carboxylic acids is 14. The molecular formula is C96H128N8O38. The molecule has 4 aromatic rings. The van der Waals surface area contributed by atoms with E-state index in [1.807, 2.05) is 0 Å². The fourth-order valence-corrected chi connectivity index (χ4v) is 18.8. The Morgan fingerprint density at radius 1 is 0.634 bits per heavy atom. The molecule has 1 aromatic heterocycles. The maximum atomic E-state index is 16.0. The van der Waals surface area contributed by atoms with Gasteiger partial charge < -0.3 is 138 Å². The van der Waals surface area contributed by atoms with Crippen LogP contribution in [0.25, 0.3) is 0 Å². The molecule has 4 heterocycles. The van der Waals surface area contributed by atoms with Crippen LogP contribution in [0.15, 0.2) is 108 Å². The minimum Gasteiger partial charge on any atom is -0.480 e. The van der Waals surface area contributed by atoms with E-state index in [1.54, 1.807) is 79.3 Å². The molecule has 3 aromatic carbocycles. The van der Waals surface area contributed by atoms with Crippen LogP contribution in [0.2, 0.25) is 0 Å². The van der Waals surface area contributed by atoms with Crippen molar-refractivity contribution in [2.45, 2.75) is 260 Å². The number of aromatic nitrogens is 3. The molecule has 3 aliphatic heterocycles. The molecule has 46 nitrogen and oxygen atoms in total. The molecule has 5 fully saturated rings. The van der Waals surface area contributed by atoms with E-state index in [4.69, 9.17) is 80.9 Å². The summed E-state index contributed by atoms with van der Waals surface area (Å²) in [6, 6.07) is 20.4. The van der Waals surface area contributed by atoms with E-state index in [2.05, 4.69) is 36.9 Å². The quantitative estimate of drug-likeness (QED) is 0.0118. The van der Waals surface area contributed by atoms with Gasteiger partial charge in [-0.3, -0.25) is 52.6 Å². The number of carboxylic acids is 1. The van der Waals surface area contributed by atoms with E-state index in [-0.39, 0.29) is 99.1 Å². The molecular weight excluding hydrogens is 1870 g/mol. The van der Waals surface area contributed by atoms with Crippen molar-refractivity contribution < 1.29 is 183 Å². The largest absolute Gasteiger partial charge is 0.480 e. The molecule has 2 bridgehead atoms. The maximum absolute atomic E-state index is 16.0. The average molecular weight is 2000 g/mol. The van der Waals surface area contributed by atoms with Gasteiger partial charge in [-0.05, 0) is 114 Å². The third-order valence-corrected chi connectivity index (χ3v) is 26.0. The monoisotopic (exact) mass is 2000 g/mol. The Bertz CT molecular complexity index is 5050. The zero-order valence-corrected chi connectivity index (χ0v) is 80.6. The number of ether oxygens (including phenoxy) is 16. The lowest BCUT2D eigenvalue weighted by atomic mass is 9.44. The Balaban J connectivity index is 0.670. The Hall–Kier alpha value is -11.6. The number of ketones is 2. The minimum absolute atomic E-state index is 0.00638. The van der Waals surface area contributed by atoms with Gasteiger partial charge in [0, 0.05) is 84.0 Å². The van der Waals surface area contributed by atoms with Crippen molar-refractivity contribution in [1.29, 1.82) is 0 Å². The fourth-order valence-electron chi connectivity index (χ4n) is 18.8. The number of aliphatic hydroxyl groups is 6. The first-order chi connectivity index (χ1) is 67.6. The van der Waals surface area contributed by atoms with Gasteiger partial charge in [-0.25, -0.2) is 24.0 Å². The normalized spacial score (nSPS) is 27.2. The lowest BCUT2D eigenvalue weighted by molar-refractivity contribution is -0.346. The summed E-state index contributed by atoms with van der Waals surface area (Å²) in [6.45, 7) is 5.77. The maximum Gasteiger partial charge on any atom is 0.350 e. The summed E-state index contributed by atoms with van der Waals surface area (Å²) in [5.41, 5.74) is -7.88. The standard InChI is InChI=1S/C96H128N8O38/c1-11-130-87(122)58(39-60(107)42-98-68(110)43-99-67(109)36-26-34-59-44-104(103-102-59)38-25-23-35-61(89(124)131-12-2)100-70(112)48-132-81-76(117)64(138-91(128-10)77(81)118)46-134-92-78(119)82(133-49-71(113)114)75(116)63(139-92)45-127-9)33-22-24-37-97-69(111)47-129-50-72(115)140-80(74(55-27-16-13-17-28-55)101-86(121)56-29-18-14-19-30-56)90(125)137-62-41-96(126)85(141-88(123)57-31-20-15-21-32-57)83-94(8,65(108)40-66-95(83,51-135-66)142-54(5)106)84(120)79(136-53(4)105)73(52(62)3)93(96,6)7/h13-21,27-32,44,58,61-66,74-83,85,91-92,108,116-119,126H,11-12,22-26,33-43,45-51H2,1-10H3,(H,97,111)(H,98,110)(H,99,109)(H,100,112)(H,101,121)(H,113,114)/t58-,61+,62+,63?,64?,65+,66-,74?,75-,76-,77?,78?,79-,80-,81+,82+,83+,85+,91+,92-,94-,95+,96-/m1/s1. The highest BCUT2D eigenvalue weighted by Gasteiger charge is 2.79. The van der Waals surface area contributed by atoms with Gasteiger partial charge in [0.2, 0.25) is 29.7 Å². The van der Waals surface area contributed by atoms with E-state index in [1.165, 1.54) is 78.3 Å². The van der Waals surface area contributed by atoms with Crippen LogP contribution in [0.1, 0.15) is 164 Å². The van der Waals surface area contributed by atoms with Crippen LogP contribution in [-0.2, 0) is 151 Å². The predicted molar refractivity (Wildman–Crippen MR) is 484 cm³/mol. The van der Waals surface area contributed by atoms with Crippen LogP contribution < -0.4 is 26.6 Å². The molecule has 142 heavy (non-hydrogen) atoms. The zero-order valence-electron chi connectivity index (χ0n) is 80.6. The number of unbranched alkanes of at least 4 members (excludes halogenated alkanes) is 2. The Morgan fingerprint density at radius 2 is 1.26 bits per heavy atom. The van der Waals surface area contributed by atoms with Crippen LogP contribution in [0.3, 0.4) is 0 Å². The van der Waals surface area contributed by atoms with Crippen molar-refractivity contribution in [2.24, 2.45) is 22.7 Å². The predicted octanol–water partition coefficient (Wildman–Crippen LogP) is -0.149. The van der Waals surface area contributed by atoms with Crippen molar-refractivity contribution in [3.63, 3.8) is 0 Å². The van der Waals surface area contributed by atoms with E-state index in [0.717, 1.165) is 13.8 Å². The van der Waals surface area contributed by atoms with Crippen molar-refractivity contribution in [3.8, 4) is 0 Å². The van der Waals surface area contributed by atoms with Crippen LogP contribution in [0, 0.1) is 22.7 Å². The van der Waals surface area contributed by atoms with E-state index < -0.39 is 292 Å². The van der Waals surface area contributed by atoms with Gasteiger partial charge in [-0.15, -0.1) is 5.10 Å². The van der Waals surface area contributed by atoms with Gasteiger partial charge in [0.25, 0.3) is 5.91 Å². The summed E-state index contributed by atoms with van der Waals surface area (Å²) in [6.07, 6.45) is -23.5. The van der Waals surface area contributed by atoms with Crippen molar-refractivity contribution in [2.75, 3.05) is 93.3 Å². The SMILES string of the molecule is CCOC(=O)[C@H](CCCCNC(=O)COCC(=O)O[C@@H](C(=O)O[C@H]1C[C@@]2(O)[C@@H](OC(=O)c3ccccc3)[C@@H]3[C@]4(OC(C)=O)CO[C@@H]4C[C@H](O)[C@@]3(C)C(=O)[C@H](OC(C)=O)C(=C1C)C2(C)C)C(NC(=O)c1ccccc1)c1ccccc1)CC(=O)CNC(=O)CNC(=O)CCCc1cn(CCCC[C@H](NC(=O)CO[C@@H]2C(O)[C@@H](OC)OC(CO[C@@H]3OC(COC)[C@@H](O)[C@H](OCC(=O)O)C3O)[C@H]2O)C(=O)OCC)nn1. The van der Waals surface area contributed by atoms with Gasteiger partial charge in [0.15, 0.2) is 35.9 Å². The highest BCUT2D eigenvalue weighted by Crippen LogP contribution is 2.65. The Kier molecular flexibility index (Phi) is 41.2. The molecule has 5 amide bonds. The van der Waals surface area contributed by atoms with Crippen molar-refractivity contribution in [1.82, 2.24) is 41.6 Å². The number of rotatable bonds is 52. The van der Waals surface area contributed by atoms with E-state index >= 15 is 9.59 Å². The first kappa shape index (κ1) is 112. The van der Waals surface area contributed by atoms with Crippen LogP contribution in [0.4, 0.5) is 0 Å². The number of carboxylic acid groups (broad SMARTS) is 1. The number of methoxy groups -OCH3 is 2. The van der Waals surface area contributed by atoms with Gasteiger partial charge in [0.1, 0.15) is 111 Å². The molecule has 12 N–H and O–H groups in total. The third kappa shape index (κ3) is 28.3. The summed E-state index contributed by atoms with van der Waals surface area (Å²) in [7, 11) is 2.50. The number of amides is 5. The van der Waals surface area contributed by atoms with Crippen LogP contribution in [0.5, 0.6) is 0 Å². The first-order valence-electron chi connectivity index (χ1n) is 46.9. The molecule has 3 aliphatic carbocycles. The second-order valence-electron chi connectivity index (χ2n) is 36.1. The number of benzene rings is 3. The van der Waals surface area contributed by atoms with Crippen molar-refractivity contribution in [3.05, 3.63) is 131 Å². The number of fused-ring (bicyclic) bond motifs is 5. The van der Waals surface area contributed by atoms with Crippen LogP contribution >= 0.6 is 0 Å². The van der Waals surface area contributed by atoms with Gasteiger partial charge in [-0.2, -0.15) is 0 Å². The molecule has 46 heteroatoms. The Labute approximate surface area is 817 Å². The highest BCUT2D eigenvalue weighted by molar-refractivity contribution is 5.97. The zero-order chi connectivity index (χ0) is 104. The average Bonchev–Trinajstić information content (AvgIpc) is 0.699. The Morgan fingerprint density at radius 3 is 1.89 bits per heavy atom. The summed E-state index contributed by atoms with van der Waals surface area (Å²) >= 11 is 0. The summed E-state index contributed by atoms with van der Waals surface area (Å²) < 4.78 is 92.8. The summed E-state index contributed by atoms with van der Waals surface area (Å²) in [4.78, 5) is 205. The number of hydrogen-bond acceptors (Lipinski definition) is 39. The number of esters is 7. The topological polar surface area (TPSA) is 636 Å². The van der Waals surface area contributed by atoms with Gasteiger partial charge in [0.05, 0.1) is 80.7 Å². The number of aliphatic carboxylic acids is 1. The number of nitrogens with zero attached hydrogens (tertiary/aromatic N) is 3. The lowest BCUT2D eigenvalue weighted by Gasteiger charge is -2.67. The number of Topliss-reactive ketones (excluding diaryl/α,β-unsaturated/α-hetero) is 2. The smallest absolute Gasteiger partial charge is 0.350 e. The van der Waals surface area contributed by atoms with Gasteiger partial charge >= 0.3 is 47.8 Å². The summed E-state index contributed by atoms with van der Waals surface area (Å²) in [5.74, 6) is -16.0. The number of aliphatic hydroxyl groups excluding tert-OH is 5. The molecule has 0 radical (unpaired) electrons. The lowest BCUT2D eigenvalue weighted by Crippen LogP contribution is -2.82. The molecule has 2 saturated carbocycles. The number of hydrogen-bond donors (Lipinski definition) is 12. The first-order valence-corrected chi connectivity index (χ1v) is 46.9. The number of aryl methyl sites for hydroxylation is 2. The molecule has 3 saturated heterocycles.